The van der Waals surface area contributed by atoms with Gasteiger partial charge in [-0.1, -0.05) is 138 Å². The van der Waals surface area contributed by atoms with Gasteiger partial charge in [0.05, 0.1) is 18.2 Å². The van der Waals surface area contributed by atoms with Crippen LogP contribution in [0.15, 0.2) is 102 Å². The molecule has 6 rings (SSSR count). The van der Waals surface area contributed by atoms with Crippen molar-refractivity contribution in [3.63, 3.8) is 0 Å². The molecule has 1 aliphatic heterocycles. The molecule has 1 heterocycles. The van der Waals surface area contributed by atoms with Crippen LogP contribution in [0.4, 0.5) is 0 Å². The lowest BCUT2D eigenvalue weighted by molar-refractivity contribution is -0.257. The van der Waals surface area contributed by atoms with E-state index in [4.69, 9.17) is 24.2 Å². The summed E-state index contributed by atoms with van der Waals surface area (Å²) in [6, 6.07) is 24.2. The van der Waals surface area contributed by atoms with Gasteiger partial charge in [-0.25, -0.2) is 0 Å². The molecule has 1 fully saturated rings. The second-order valence-corrected chi connectivity index (χ2v) is 20.1. The number of fused-ring (bicyclic) bond motifs is 2. The maximum Gasteiger partial charge on any atom is 0.239 e. The number of aliphatic hydroxyl groups is 2. The highest BCUT2D eigenvalue weighted by Gasteiger charge is 2.65. The standard InChI is InChI=1S/C58H82N2O7/c1-7-10-11-12-13-14-15-16-20-29-54(63)60(36-8-2)53-42-51(59-67-57(4,5)6)49-40-45(27-21-23-37-61)48(28-22-24-38-62)55-50-41-47(34-35-52(50)66-58(53,56(49)55)64-39-9-3)65-46-32-30-44(31-33-46)43-25-18-17-19-26-43/h9,17-19,25-26,30-35,40-41,45,48,53,55-56,61-62H,3,7-8,10-16,20-24,27-29,36-39,42H2,1-2,4-6H3/t45-,48+,53-,55+,56+,58+/m0/s1. The van der Waals surface area contributed by atoms with Crippen molar-refractivity contribution in [2.75, 3.05) is 26.4 Å². The molecule has 2 N–H and O–H groups in total. The summed E-state index contributed by atoms with van der Waals surface area (Å²) in [6.07, 6.45) is 21.4. The van der Waals surface area contributed by atoms with Crippen LogP contribution < -0.4 is 9.47 Å². The Morgan fingerprint density at radius 1 is 0.821 bits per heavy atom. The van der Waals surface area contributed by atoms with Crippen LogP contribution in [0.2, 0.25) is 0 Å². The van der Waals surface area contributed by atoms with Crippen molar-refractivity contribution in [1.82, 2.24) is 4.90 Å². The number of unbranched alkanes of at least 4 members (excludes halogenated alkanes) is 10. The Labute approximate surface area is 403 Å². The zero-order valence-corrected chi connectivity index (χ0v) is 41.6. The van der Waals surface area contributed by atoms with E-state index in [-0.39, 0.29) is 49.4 Å². The number of ether oxygens (including phenoxy) is 3. The van der Waals surface area contributed by atoms with Gasteiger partial charge in [-0.3, -0.25) is 4.79 Å². The van der Waals surface area contributed by atoms with E-state index in [0.717, 1.165) is 90.8 Å². The van der Waals surface area contributed by atoms with Gasteiger partial charge in [0.25, 0.3) is 0 Å². The summed E-state index contributed by atoms with van der Waals surface area (Å²) in [6.45, 7) is 15.6. The van der Waals surface area contributed by atoms with Gasteiger partial charge in [0.15, 0.2) is 0 Å². The quantitative estimate of drug-likeness (QED) is 0.0424. The van der Waals surface area contributed by atoms with E-state index in [0.29, 0.717) is 38.0 Å². The van der Waals surface area contributed by atoms with Crippen LogP contribution in [-0.2, 0) is 14.4 Å². The largest absolute Gasteiger partial charge is 0.459 e. The Bertz CT molecular complexity index is 2040. The fourth-order valence-electron chi connectivity index (χ4n) is 10.8. The first-order valence-corrected chi connectivity index (χ1v) is 26.0. The number of benzene rings is 3. The van der Waals surface area contributed by atoms with Gasteiger partial charge < -0.3 is 34.2 Å². The summed E-state index contributed by atoms with van der Waals surface area (Å²) in [4.78, 5) is 23.2. The number of oxime groups is 1. The van der Waals surface area contributed by atoms with Crippen molar-refractivity contribution in [2.24, 2.45) is 22.9 Å². The molecule has 1 saturated carbocycles. The molecule has 0 aromatic heterocycles. The summed E-state index contributed by atoms with van der Waals surface area (Å²) in [5, 5.41) is 25.1. The molecule has 1 amide bonds. The van der Waals surface area contributed by atoms with Gasteiger partial charge >= 0.3 is 0 Å². The average Bonchev–Trinajstić information content (AvgIpc) is 3.33. The number of hydrogen-bond donors (Lipinski definition) is 2. The van der Waals surface area contributed by atoms with E-state index in [9.17, 15) is 15.0 Å². The Balaban J connectivity index is 1.45. The summed E-state index contributed by atoms with van der Waals surface area (Å²) < 4.78 is 21.4. The van der Waals surface area contributed by atoms with Gasteiger partial charge in [-0.2, -0.15) is 0 Å². The zero-order valence-electron chi connectivity index (χ0n) is 41.6. The van der Waals surface area contributed by atoms with Gasteiger partial charge in [0.2, 0.25) is 11.7 Å². The summed E-state index contributed by atoms with van der Waals surface area (Å²) in [5.41, 5.74) is 4.61. The number of hydrogen-bond acceptors (Lipinski definition) is 8. The van der Waals surface area contributed by atoms with Crippen LogP contribution >= 0.6 is 0 Å². The van der Waals surface area contributed by atoms with Crippen LogP contribution in [-0.4, -0.2) is 70.5 Å². The maximum absolute atomic E-state index is 14.9. The summed E-state index contributed by atoms with van der Waals surface area (Å²) >= 11 is 0. The van der Waals surface area contributed by atoms with Crippen LogP contribution in [0.1, 0.15) is 162 Å². The van der Waals surface area contributed by atoms with Gasteiger partial charge in [0, 0.05) is 44.1 Å². The minimum Gasteiger partial charge on any atom is -0.459 e. The minimum atomic E-state index is -1.28. The van der Waals surface area contributed by atoms with E-state index >= 15 is 0 Å². The van der Waals surface area contributed by atoms with E-state index in [1.807, 2.05) is 63.2 Å². The molecule has 2 aliphatic carbocycles. The molecule has 67 heavy (non-hydrogen) atoms. The molecule has 3 aliphatic rings. The Morgan fingerprint density at radius 2 is 1.48 bits per heavy atom. The lowest BCUT2D eigenvalue weighted by atomic mass is 9.55. The van der Waals surface area contributed by atoms with Crippen molar-refractivity contribution in [3.8, 4) is 28.4 Å². The fraction of sp³-hybridized carbons (Fsp3) is 0.586. The van der Waals surface area contributed by atoms with Crippen molar-refractivity contribution < 1.29 is 34.1 Å². The zero-order chi connectivity index (χ0) is 47.7. The predicted molar refractivity (Wildman–Crippen MR) is 272 cm³/mol. The second-order valence-electron chi connectivity index (χ2n) is 20.1. The summed E-state index contributed by atoms with van der Waals surface area (Å²) in [7, 11) is 0. The Kier molecular flexibility index (Phi) is 20.0. The van der Waals surface area contributed by atoms with Crippen molar-refractivity contribution in [2.45, 2.75) is 174 Å². The third-order valence-corrected chi connectivity index (χ3v) is 13.9. The fourth-order valence-corrected chi connectivity index (χ4v) is 10.8. The van der Waals surface area contributed by atoms with Crippen LogP contribution in [0.5, 0.6) is 17.2 Å². The molecule has 366 valence electrons. The first-order chi connectivity index (χ1) is 32.6. The van der Waals surface area contributed by atoms with Gasteiger partial charge in [-0.15, -0.1) is 6.58 Å². The number of aliphatic hydroxyl groups excluding tert-OH is 2. The molecule has 3 aromatic carbocycles. The SMILES string of the molecule is C=CCO[C@@]12Oc3ccc(Oc4ccc(-c5ccccc5)cc4)cc3[C@H]3[C@H](CCCCO)[C@@H](CCCCO)C=C(C(=NOC(C)(C)C)C[C@@H]1N(CCC)C(=O)CCCCCCCCCCC)[C@H]32. The molecule has 0 bridgehead atoms. The Morgan fingerprint density at radius 3 is 2.13 bits per heavy atom. The highest BCUT2D eigenvalue weighted by Crippen LogP contribution is 2.62. The van der Waals surface area contributed by atoms with Crippen molar-refractivity contribution in [3.05, 3.63) is 103 Å². The topological polar surface area (TPSA) is 110 Å². The molecule has 6 atom stereocenters. The molecule has 0 saturated heterocycles. The average molecular weight is 919 g/mol. The molecule has 3 aromatic rings. The normalized spacial score (nSPS) is 22.6. The number of amides is 1. The molecule has 9 nitrogen and oxygen atoms in total. The number of nitrogens with zero attached hydrogens (tertiary/aromatic N) is 2. The first-order valence-electron chi connectivity index (χ1n) is 26.0. The highest BCUT2D eigenvalue weighted by molar-refractivity contribution is 6.03. The van der Waals surface area contributed by atoms with Crippen LogP contribution in [0, 0.1) is 17.8 Å². The number of allylic oxidation sites excluding steroid dienone is 1. The maximum atomic E-state index is 14.9. The number of carbonyl (C=O) groups is 1. The molecule has 0 radical (unpaired) electrons. The monoisotopic (exact) mass is 919 g/mol. The van der Waals surface area contributed by atoms with Crippen molar-refractivity contribution in [1.29, 1.82) is 0 Å². The molecular weight excluding hydrogens is 837 g/mol. The van der Waals surface area contributed by atoms with Gasteiger partial charge in [-0.05, 0) is 118 Å². The summed E-state index contributed by atoms with van der Waals surface area (Å²) in [5.74, 6) is 0.760. The van der Waals surface area contributed by atoms with Gasteiger partial charge in [0.1, 0.15) is 28.9 Å². The highest BCUT2D eigenvalue weighted by atomic mass is 16.7. The smallest absolute Gasteiger partial charge is 0.239 e. The van der Waals surface area contributed by atoms with E-state index in [1.165, 1.54) is 38.5 Å². The molecule has 0 unspecified atom stereocenters. The van der Waals surface area contributed by atoms with E-state index < -0.39 is 17.4 Å². The third kappa shape index (κ3) is 13.6. The van der Waals surface area contributed by atoms with E-state index in [2.05, 4.69) is 61.7 Å². The predicted octanol–water partition coefficient (Wildman–Crippen LogP) is 13.7. The van der Waals surface area contributed by atoms with Crippen LogP contribution in [0.3, 0.4) is 0 Å². The third-order valence-electron chi connectivity index (χ3n) is 13.9. The molecule has 9 heteroatoms. The number of carbonyl (C=O) groups excluding carboxylic acids is 1. The lowest BCUT2D eigenvalue weighted by Crippen LogP contribution is -2.70. The first kappa shape index (κ1) is 51.9. The van der Waals surface area contributed by atoms with E-state index in [1.54, 1.807) is 6.08 Å². The minimum absolute atomic E-state index is 0.116. The Hall–Kier alpha value is -4.44. The second kappa shape index (κ2) is 25.8. The molecular formula is C58H82N2O7. The van der Waals surface area contributed by atoms with Crippen LogP contribution in [0.25, 0.3) is 11.1 Å². The molecule has 0 spiro atoms. The number of rotatable bonds is 28. The van der Waals surface area contributed by atoms with Crippen molar-refractivity contribution >= 4 is 11.6 Å². The lowest BCUT2D eigenvalue weighted by Gasteiger charge is -2.60.